The summed E-state index contributed by atoms with van der Waals surface area (Å²) in [5.41, 5.74) is 0.435. The van der Waals surface area contributed by atoms with Crippen LogP contribution in [0.5, 0.6) is 0 Å². The van der Waals surface area contributed by atoms with Gasteiger partial charge in [-0.15, -0.1) is 0 Å². The van der Waals surface area contributed by atoms with Gasteiger partial charge >= 0.3 is 0 Å². The molecule has 2 aliphatic rings. The Labute approximate surface area is 118 Å². The Morgan fingerprint density at radius 2 is 2.05 bits per heavy atom. The van der Waals surface area contributed by atoms with Crippen LogP contribution in [-0.2, 0) is 4.79 Å². The lowest BCUT2D eigenvalue weighted by molar-refractivity contribution is -0.133. The van der Waals surface area contributed by atoms with E-state index in [4.69, 9.17) is 0 Å². The Kier molecular flexibility index (Phi) is 4.88. The molecule has 2 unspecified atom stereocenters. The highest BCUT2D eigenvalue weighted by Gasteiger charge is 2.44. The molecule has 0 aromatic heterocycles. The van der Waals surface area contributed by atoms with E-state index in [9.17, 15) is 4.79 Å². The van der Waals surface area contributed by atoms with Gasteiger partial charge in [-0.2, -0.15) is 0 Å². The Hall–Kier alpha value is -0.570. The molecule has 110 valence electrons. The third-order valence-electron chi connectivity index (χ3n) is 5.25. The van der Waals surface area contributed by atoms with Crippen molar-refractivity contribution in [1.82, 2.24) is 10.2 Å². The Morgan fingerprint density at radius 1 is 1.32 bits per heavy atom. The maximum absolute atomic E-state index is 12.6. The van der Waals surface area contributed by atoms with E-state index in [1.54, 1.807) is 0 Å². The third-order valence-corrected chi connectivity index (χ3v) is 5.25. The van der Waals surface area contributed by atoms with Crippen LogP contribution in [0.1, 0.15) is 72.1 Å². The minimum absolute atomic E-state index is 0.0823. The summed E-state index contributed by atoms with van der Waals surface area (Å²) in [6.45, 7) is 7.63. The monoisotopic (exact) mass is 266 g/mol. The molecular formula is C16H30N2O. The molecule has 0 radical (unpaired) electrons. The summed E-state index contributed by atoms with van der Waals surface area (Å²) in [5.74, 6) is 0.361. The molecule has 0 spiro atoms. The zero-order valence-corrected chi connectivity index (χ0v) is 12.9. The quantitative estimate of drug-likeness (QED) is 0.767. The van der Waals surface area contributed by atoms with E-state index < -0.39 is 0 Å². The molecule has 1 amide bonds. The molecule has 3 nitrogen and oxygen atoms in total. The fraction of sp³-hybridized carbons (Fsp3) is 0.938. The highest BCUT2D eigenvalue weighted by molar-refractivity contribution is 5.84. The van der Waals surface area contributed by atoms with Crippen LogP contribution in [0.4, 0.5) is 0 Å². The lowest BCUT2D eigenvalue weighted by atomic mass is 9.66. The van der Waals surface area contributed by atoms with Crippen LogP contribution in [0.25, 0.3) is 0 Å². The van der Waals surface area contributed by atoms with Gasteiger partial charge in [0.05, 0.1) is 12.2 Å². The van der Waals surface area contributed by atoms with E-state index >= 15 is 0 Å². The summed E-state index contributed by atoms with van der Waals surface area (Å²) >= 11 is 0. The van der Waals surface area contributed by atoms with Gasteiger partial charge in [0.2, 0.25) is 5.91 Å². The van der Waals surface area contributed by atoms with Crippen LogP contribution in [0.2, 0.25) is 0 Å². The largest absolute Gasteiger partial charge is 0.325 e. The summed E-state index contributed by atoms with van der Waals surface area (Å²) in [6.07, 6.45) is 9.79. The lowest BCUT2D eigenvalue weighted by Gasteiger charge is -2.45. The van der Waals surface area contributed by atoms with Gasteiger partial charge in [0.25, 0.3) is 0 Å². The van der Waals surface area contributed by atoms with Crippen LogP contribution in [0.15, 0.2) is 0 Å². The number of rotatable bonds is 7. The van der Waals surface area contributed by atoms with Gasteiger partial charge in [-0.05, 0) is 37.5 Å². The summed E-state index contributed by atoms with van der Waals surface area (Å²) < 4.78 is 0. The number of unbranched alkanes of at least 4 members (excludes halogenated alkanes) is 1. The first-order valence-corrected chi connectivity index (χ1v) is 8.22. The van der Waals surface area contributed by atoms with Crippen molar-refractivity contribution in [3.63, 3.8) is 0 Å². The summed E-state index contributed by atoms with van der Waals surface area (Å²) in [4.78, 5) is 14.7. The first kappa shape index (κ1) is 14.8. The fourth-order valence-electron chi connectivity index (χ4n) is 3.55. The van der Waals surface area contributed by atoms with Gasteiger partial charge in [-0.25, -0.2) is 0 Å². The number of nitrogens with one attached hydrogen (secondary N) is 1. The summed E-state index contributed by atoms with van der Waals surface area (Å²) in [7, 11) is 0. The molecule has 2 rings (SSSR count). The number of carbonyl (C=O) groups excluding carboxylic acids is 1. The molecule has 19 heavy (non-hydrogen) atoms. The predicted octanol–water partition coefficient (Wildman–Crippen LogP) is 3.29. The van der Waals surface area contributed by atoms with Crippen molar-refractivity contribution in [2.45, 2.75) is 84.3 Å². The van der Waals surface area contributed by atoms with E-state index in [1.807, 2.05) is 0 Å². The second kappa shape index (κ2) is 6.25. The molecule has 2 fully saturated rings. The maximum Gasteiger partial charge on any atom is 0.241 e. The first-order chi connectivity index (χ1) is 9.15. The Bertz CT molecular complexity index is 306. The summed E-state index contributed by atoms with van der Waals surface area (Å²) in [5, 5.41) is 3.55. The topological polar surface area (TPSA) is 32.3 Å². The number of carbonyl (C=O) groups is 1. The van der Waals surface area contributed by atoms with Gasteiger partial charge in [-0.3, -0.25) is 10.1 Å². The van der Waals surface area contributed by atoms with Crippen molar-refractivity contribution in [1.29, 1.82) is 0 Å². The van der Waals surface area contributed by atoms with Crippen LogP contribution < -0.4 is 5.32 Å². The molecule has 1 aliphatic carbocycles. The van der Waals surface area contributed by atoms with Gasteiger partial charge in [0.1, 0.15) is 0 Å². The van der Waals surface area contributed by atoms with Crippen molar-refractivity contribution in [3.8, 4) is 0 Å². The molecule has 0 aromatic carbocycles. The highest BCUT2D eigenvalue weighted by atomic mass is 16.2. The van der Waals surface area contributed by atoms with Crippen molar-refractivity contribution in [2.24, 2.45) is 5.41 Å². The molecule has 1 saturated heterocycles. The zero-order chi connectivity index (χ0) is 13.9. The minimum atomic E-state index is 0.0823. The summed E-state index contributed by atoms with van der Waals surface area (Å²) in [6, 6.07) is 0.0823. The molecule has 0 bridgehead atoms. The third kappa shape index (κ3) is 2.96. The predicted molar refractivity (Wildman–Crippen MR) is 78.8 cm³/mol. The van der Waals surface area contributed by atoms with Gasteiger partial charge in [0, 0.05) is 6.54 Å². The molecule has 1 aliphatic heterocycles. The number of amides is 1. The molecule has 1 heterocycles. The van der Waals surface area contributed by atoms with Gasteiger partial charge in [0.15, 0.2) is 0 Å². The van der Waals surface area contributed by atoms with Crippen molar-refractivity contribution < 1.29 is 4.79 Å². The second-order valence-electron chi connectivity index (χ2n) is 6.46. The van der Waals surface area contributed by atoms with Crippen molar-refractivity contribution >= 4 is 5.91 Å². The molecule has 0 aromatic rings. The van der Waals surface area contributed by atoms with Crippen LogP contribution in [-0.4, -0.2) is 29.6 Å². The standard InChI is InChI=1S/C16H30N2O/c1-4-7-9-13-15(19)18(14(5-2)17-13)12-16(6-3)10-8-11-16/h13-14,17H,4-12H2,1-3H3. The van der Waals surface area contributed by atoms with E-state index in [0.29, 0.717) is 11.3 Å². The molecule has 1 saturated carbocycles. The maximum atomic E-state index is 12.6. The van der Waals surface area contributed by atoms with E-state index in [-0.39, 0.29) is 12.2 Å². The van der Waals surface area contributed by atoms with Crippen molar-refractivity contribution in [2.75, 3.05) is 6.54 Å². The minimum Gasteiger partial charge on any atom is -0.325 e. The molecular weight excluding hydrogens is 236 g/mol. The van der Waals surface area contributed by atoms with Crippen LogP contribution >= 0.6 is 0 Å². The molecule has 1 N–H and O–H groups in total. The first-order valence-electron chi connectivity index (χ1n) is 8.22. The number of nitrogens with zero attached hydrogens (tertiary/aromatic N) is 1. The van der Waals surface area contributed by atoms with Gasteiger partial charge < -0.3 is 4.90 Å². The Balaban J connectivity index is 1.99. The van der Waals surface area contributed by atoms with Gasteiger partial charge in [-0.1, -0.05) is 40.0 Å². The molecule has 3 heteroatoms. The lowest BCUT2D eigenvalue weighted by Crippen LogP contribution is -2.47. The molecule has 2 atom stereocenters. The highest BCUT2D eigenvalue weighted by Crippen LogP contribution is 2.45. The Morgan fingerprint density at radius 3 is 2.53 bits per heavy atom. The second-order valence-corrected chi connectivity index (χ2v) is 6.46. The average Bonchev–Trinajstić information content (AvgIpc) is 2.68. The van der Waals surface area contributed by atoms with Crippen molar-refractivity contribution in [3.05, 3.63) is 0 Å². The normalized spacial score (nSPS) is 29.6. The zero-order valence-electron chi connectivity index (χ0n) is 12.9. The van der Waals surface area contributed by atoms with Crippen LogP contribution in [0, 0.1) is 5.41 Å². The number of hydrogen-bond donors (Lipinski definition) is 1. The SMILES string of the molecule is CCCCC1NC(CC)N(CC2(CC)CCC2)C1=O. The van der Waals surface area contributed by atoms with E-state index in [2.05, 4.69) is 31.0 Å². The number of hydrogen-bond acceptors (Lipinski definition) is 2. The van der Waals surface area contributed by atoms with E-state index in [1.165, 1.54) is 32.1 Å². The fourth-order valence-corrected chi connectivity index (χ4v) is 3.55. The average molecular weight is 266 g/mol. The van der Waals surface area contributed by atoms with E-state index in [0.717, 1.165) is 25.8 Å². The van der Waals surface area contributed by atoms with Crippen LogP contribution in [0.3, 0.4) is 0 Å². The smallest absolute Gasteiger partial charge is 0.241 e.